The van der Waals surface area contributed by atoms with Crippen molar-refractivity contribution in [3.63, 3.8) is 0 Å². The minimum atomic E-state index is -0.955. The molecule has 7 nitrogen and oxygen atoms in total. The predicted octanol–water partition coefficient (Wildman–Crippen LogP) is 5.61. The second-order valence-electron chi connectivity index (χ2n) is 8.27. The van der Waals surface area contributed by atoms with Gasteiger partial charge in [0.1, 0.15) is 29.6 Å². The van der Waals surface area contributed by atoms with Crippen LogP contribution in [0.4, 0.5) is 0 Å². The standard InChI is InChI=1S/C27H33NO6/c1-6-19-14-23(13-10-21(19)15-25(27(29)30)31-7-2)32-16-24-18(5)34-26(28-24)20-8-11-22(12-9-20)33-17(3)4/h8-14,17,25H,6-7,15-16H2,1-5H3,(H,29,30). The molecule has 0 spiro atoms. The first-order chi connectivity index (χ1) is 16.3. The van der Waals surface area contributed by atoms with Crippen molar-refractivity contribution in [2.24, 2.45) is 0 Å². The first kappa shape index (κ1) is 25.3. The van der Waals surface area contributed by atoms with Crippen molar-refractivity contribution in [1.29, 1.82) is 0 Å². The lowest BCUT2D eigenvalue weighted by Gasteiger charge is -2.16. The molecule has 1 aromatic heterocycles. The van der Waals surface area contributed by atoms with Gasteiger partial charge in [0.25, 0.3) is 0 Å². The molecule has 7 heteroatoms. The monoisotopic (exact) mass is 467 g/mol. The van der Waals surface area contributed by atoms with Crippen LogP contribution < -0.4 is 9.47 Å². The van der Waals surface area contributed by atoms with Gasteiger partial charge in [-0.25, -0.2) is 9.78 Å². The van der Waals surface area contributed by atoms with Crippen LogP contribution in [-0.2, 0) is 29.0 Å². The van der Waals surface area contributed by atoms with Crippen molar-refractivity contribution < 1.29 is 28.5 Å². The van der Waals surface area contributed by atoms with Crippen LogP contribution in [0.15, 0.2) is 46.9 Å². The Morgan fingerprint density at radius 2 is 1.76 bits per heavy atom. The summed E-state index contributed by atoms with van der Waals surface area (Å²) in [7, 11) is 0. The molecule has 1 atom stereocenters. The van der Waals surface area contributed by atoms with E-state index < -0.39 is 12.1 Å². The molecule has 0 bridgehead atoms. The zero-order valence-electron chi connectivity index (χ0n) is 20.5. The van der Waals surface area contributed by atoms with Crippen molar-refractivity contribution in [1.82, 2.24) is 4.98 Å². The van der Waals surface area contributed by atoms with Crippen molar-refractivity contribution in [3.8, 4) is 23.0 Å². The number of ether oxygens (including phenoxy) is 3. The molecule has 182 valence electrons. The molecule has 0 aliphatic carbocycles. The normalized spacial score (nSPS) is 12.1. The highest BCUT2D eigenvalue weighted by molar-refractivity contribution is 5.72. The number of aromatic nitrogens is 1. The van der Waals surface area contributed by atoms with E-state index in [1.807, 2.05) is 70.2 Å². The van der Waals surface area contributed by atoms with Gasteiger partial charge >= 0.3 is 5.97 Å². The van der Waals surface area contributed by atoms with Crippen molar-refractivity contribution in [2.75, 3.05) is 6.61 Å². The molecule has 0 radical (unpaired) electrons. The lowest BCUT2D eigenvalue weighted by Crippen LogP contribution is -2.26. The van der Waals surface area contributed by atoms with Crippen LogP contribution in [0, 0.1) is 6.92 Å². The Morgan fingerprint density at radius 3 is 2.38 bits per heavy atom. The second-order valence-corrected chi connectivity index (χ2v) is 8.27. The van der Waals surface area contributed by atoms with Gasteiger partial charge in [-0.15, -0.1) is 0 Å². The van der Waals surface area contributed by atoms with E-state index in [9.17, 15) is 9.90 Å². The number of hydrogen-bond acceptors (Lipinski definition) is 6. The summed E-state index contributed by atoms with van der Waals surface area (Å²) in [5.41, 5.74) is 3.57. The van der Waals surface area contributed by atoms with E-state index in [1.54, 1.807) is 6.92 Å². The maximum atomic E-state index is 11.4. The van der Waals surface area contributed by atoms with Crippen LogP contribution in [0.25, 0.3) is 11.5 Å². The number of hydrogen-bond donors (Lipinski definition) is 1. The number of rotatable bonds is 12. The Hall–Kier alpha value is -3.32. The van der Waals surface area contributed by atoms with E-state index in [0.717, 1.165) is 34.6 Å². The number of carboxylic acids is 1. The van der Waals surface area contributed by atoms with Crippen LogP contribution >= 0.6 is 0 Å². The van der Waals surface area contributed by atoms with E-state index >= 15 is 0 Å². The smallest absolute Gasteiger partial charge is 0.333 e. The summed E-state index contributed by atoms with van der Waals surface area (Å²) >= 11 is 0. The Balaban J connectivity index is 1.68. The number of nitrogens with zero attached hydrogens (tertiary/aromatic N) is 1. The van der Waals surface area contributed by atoms with Crippen LogP contribution in [0.3, 0.4) is 0 Å². The molecule has 0 fully saturated rings. The molecule has 2 aromatic carbocycles. The molecule has 0 amide bonds. The highest BCUT2D eigenvalue weighted by Crippen LogP contribution is 2.26. The summed E-state index contributed by atoms with van der Waals surface area (Å²) in [6.45, 7) is 10.3. The molecule has 0 saturated heterocycles. The second kappa shape index (κ2) is 11.7. The Bertz CT molecular complexity index is 1090. The first-order valence-electron chi connectivity index (χ1n) is 11.6. The molecule has 1 unspecified atom stereocenters. The largest absolute Gasteiger partial charge is 0.491 e. The van der Waals surface area contributed by atoms with E-state index in [4.69, 9.17) is 18.6 Å². The quantitative estimate of drug-likeness (QED) is 0.370. The number of aryl methyl sites for hydroxylation is 2. The fourth-order valence-electron chi connectivity index (χ4n) is 3.62. The van der Waals surface area contributed by atoms with Crippen LogP contribution in [0.1, 0.15) is 50.3 Å². The average Bonchev–Trinajstić information content (AvgIpc) is 3.18. The Labute approximate surface area is 200 Å². The van der Waals surface area contributed by atoms with Crippen molar-refractivity contribution >= 4 is 5.97 Å². The SMILES string of the molecule is CCOC(Cc1ccc(OCc2nc(-c3ccc(OC(C)C)cc3)oc2C)cc1CC)C(=O)O. The zero-order chi connectivity index (χ0) is 24.7. The summed E-state index contributed by atoms with van der Waals surface area (Å²) < 4.78 is 22.9. The third-order valence-electron chi connectivity index (χ3n) is 5.35. The Morgan fingerprint density at radius 1 is 1.06 bits per heavy atom. The Kier molecular flexibility index (Phi) is 8.71. The molecular weight excluding hydrogens is 434 g/mol. The van der Waals surface area contributed by atoms with Gasteiger partial charge in [-0.3, -0.25) is 0 Å². The number of carboxylic acid groups (broad SMARTS) is 1. The zero-order valence-corrected chi connectivity index (χ0v) is 20.5. The highest BCUT2D eigenvalue weighted by Gasteiger charge is 2.20. The average molecular weight is 468 g/mol. The fourth-order valence-corrected chi connectivity index (χ4v) is 3.62. The maximum Gasteiger partial charge on any atom is 0.333 e. The molecule has 1 N–H and O–H groups in total. The number of aliphatic carboxylic acids is 1. The van der Waals surface area contributed by atoms with Crippen LogP contribution in [-0.4, -0.2) is 34.9 Å². The van der Waals surface area contributed by atoms with Crippen molar-refractivity contribution in [3.05, 3.63) is 65.0 Å². The summed E-state index contributed by atoms with van der Waals surface area (Å²) in [5, 5.41) is 9.38. The number of carbonyl (C=O) groups is 1. The predicted molar refractivity (Wildman–Crippen MR) is 129 cm³/mol. The van der Waals surface area contributed by atoms with Gasteiger partial charge in [0.15, 0.2) is 6.10 Å². The molecule has 0 saturated carbocycles. The first-order valence-corrected chi connectivity index (χ1v) is 11.6. The molecule has 0 aliphatic rings. The summed E-state index contributed by atoms with van der Waals surface area (Å²) in [6, 6.07) is 13.4. The third-order valence-corrected chi connectivity index (χ3v) is 5.35. The van der Waals surface area contributed by atoms with Crippen molar-refractivity contribution in [2.45, 2.75) is 66.3 Å². The van der Waals surface area contributed by atoms with Gasteiger partial charge in [-0.2, -0.15) is 0 Å². The summed E-state index contributed by atoms with van der Waals surface area (Å²) in [4.78, 5) is 16.1. The van der Waals surface area contributed by atoms with Crippen LogP contribution in [0.2, 0.25) is 0 Å². The van der Waals surface area contributed by atoms with E-state index in [0.29, 0.717) is 30.4 Å². The van der Waals surface area contributed by atoms with Gasteiger partial charge in [-0.1, -0.05) is 13.0 Å². The van der Waals surface area contributed by atoms with Gasteiger partial charge in [0.05, 0.1) is 6.10 Å². The van der Waals surface area contributed by atoms with Gasteiger partial charge < -0.3 is 23.7 Å². The lowest BCUT2D eigenvalue weighted by atomic mass is 9.99. The molecule has 3 aromatic rings. The number of benzene rings is 2. The molecule has 3 rings (SSSR count). The van der Waals surface area contributed by atoms with Crippen LogP contribution in [0.5, 0.6) is 11.5 Å². The maximum absolute atomic E-state index is 11.4. The molecule has 1 heterocycles. The minimum absolute atomic E-state index is 0.115. The lowest BCUT2D eigenvalue weighted by molar-refractivity contribution is -0.149. The molecule has 0 aliphatic heterocycles. The van der Waals surface area contributed by atoms with E-state index in [2.05, 4.69) is 4.98 Å². The van der Waals surface area contributed by atoms with Gasteiger partial charge in [0, 0.05) is 18.6 Å². The molecule has 34 heavy (non-hydrogen) atoms. The topological polar surface area (TPSA) is 91.0 Å². The van der Waals surface area contributed by atoms with Gasteiger partial charge in [0.2, 0.25) is 5.89 Å². The van der Waals surface area contributed by atoms with E-state index in [1.165, 1.54) is 0 Å². The van der Waals surface area contributed by atoms with Gasteiger partial charge in [-0.05, 0) is 81.6 Å². The highest BCUT2D eigenvalue weighted by atomic mass is 16.5. The van der Waals surface area contributed by atoms with E-state index in [-0.39, 0.29) is 12.7 Å². The molecular formula is C27H33NO6. The number of oxazole rings is 1. The minimum Gasteiger partial charge on any atom is -0.491 e. The summed E-state index contributed by atoms with van der Waals surface area (Å²) in [5.74, 6) is 1.78. The third kappa shape index (κ3) is 6.60. The fraction of sp³-hybridized carbons (Fsp3) is 0.407. The summed E-state index contributed by atoms with van der Waals surface area (Å²) in [6.07, 6.45) is 0.335.